The fourth-order valence-corrected chi connectivity index (χ4v) is 4.05. The Kier molecular flexibility index (Phi) is 4.65. The number of hydrogen-bond donors (Lipinski definition) is 1. The molecule has 1 fully saturated rings. The number of likely N-dealkylation sites (N-methyl/N-ethyl adjacent to an activating group) is 1. The molecule has 0 aromatic carbocycles. The first-order valence-corrected chi connectivity index (χ1v) is 8.33. The molecule has 1 aromatic heterocycles. The molecule has 1 aliphatic heterocycles. The lowest BCUT2D eigenvalue weighted by Gasteiger charge is -2.29. The van der Waals surface area contributed by atoms with Gasteiger partial charge in [-0.2, -0.15) is 4.31 Å². The first kappa shape index (κ1) is 14.6. The van der Waals surface area contributed by atoms with Gasteiger partial charge in [0.15, 0.2) is 0 Å². The van der Waals surface area contributed by atoms with Crippen LogP contribution in [0.25, 0.3) is 0 Å². The molecule has 1 atom stereocenters. The van der Waals surface area contributed by atoms with E-state index in [1.165, 1.54) is 12.8 Å². The molecule has 0 spiro atoms. The van der Waals surface area contributed by atoms with Crippen molar-refractivity contribution in [3.63, 3.8) is 0 Å². The van der Waals surface area contributed by atoms with Gasteiger partial charge in [-0.1, -0.05) is 13.3 Å². The molecule has 1 saturated heterocycles. The molecule has 19 heavy (non-hydrogen) atoms. The predicted molar refractivity (Wildman–Crippen MR) is 75.5 cm³/mol. The highest BCUT2D eigenvalue weighted by atomic mass is 32.2. The van der Waals surface area contributed by atoms with Crippen LogP contribution in [0.1, 0.15) is 26.2 Å². The van der Waals surface area contributed by atoms with Crippen LogP contribution < -0.4 is 5.32 Å². The zero-order chi connectivity index (χ0) is 13.9. The molecule has 6 heteroatoms. The van der Waals surface area contributed by atoms with Gasteiger partial charge in [-0.05, 0) is 25.5 Å². The molecule has 0 radical (unpaired) electrons. The predicted octanol–water partition coefficient (Wildman–Crippen LogP) is 1.18. The highest BCUT2D eigenvalue weighted by Crippen LogP contribution is 2.17. The number of piperidine rings is 1. The van der Waals surface area contributed by atoms with Gasteiger partial charge >= 0.3 is 0 Å². The number of sulfonamides is 1. The molecule has 0 amide bonds. The van der Waals surface area contributed by atoms with E-state index in [4.69, 9.17) is 0 Å². The average Bonchev–Trinajstić information content (AvgIpc) is 2.84. The highest BCUT2D eigenvalue weighted by molar-refractivity contribution is 7.89. The molecule has 1 aliphatic rings. The van der Waals surface area contributed by atoms with Gasteiger partial charge in [-0.3, -0.25) is 0 Å². The van der Waals surface area contributed by atoms with Crippen LogP contribution in [0.15, 0.2) is 23.4 Å². The Morgan fingerprint density at radius 2 is 2.26 bits per heavy atom. The molecule has 1 unspecified atom stereocenters. The third-order valence-electron chi connectivity index (χ3n) is 3.63. The standard InChI is InChI=1S/C13H23N3O2S/c1-3-16(10-12-6-4-5-8-14-12)19(17,18)13-7-9-15(2)11-13/h7,9,11-12,14H,3-6,8,10H2,1-2H3. The quantitative estimate of drug-likeness (QED) is 0.884. The van der Waals surface area contributed by atoms with Gasteiger partial charge in [0.2, 0.25) is 10.0 Å². The zero-order valence-electron chi connectivity index (χ0n) is 11.7. The molecule has 1 N–H and O–H groups in total. The molecule has 108 valence electrons. The van der Waals surface area contributed by atoms with E-state index in [1.807, 2.05) is 14.0 Å². The topological polar surface area (TPSA) is 54.3 Å². The number of nitrogens with zero attached hydrogens (tertiary/aromatic N) is 2. The lowest BCUT2D eigenvalue weighted by Crippen LogP contribution is -2.45. The summed E-state index contributed by atoms with van der Waals surface area (Å²) in [4.78, 5) is 0.382. The summed E-state index contributed by atoms with van der Waals surface area (Å²) in [6, 6.07) is 1.94. The summed E-state index contributed by atoms with van der Waals surface area (Å²) < 4.78 is 28.4. The van der Waals surface area contributed by atoms with Crippen molar-refractivity contribution in [1.29, 1.82) is 0 Å². The minimum atomic E-state index is -3.36. The Morgan fingerprint density at radius 1 is 1.47 bits per heavy atom. The van der Waals surface area contributed by atoms with E-state index in [9.17, 15) is 8.42 Å². The maximum absolute atomic E-state index is 12.5. The normalized spacial score (nSPS) is 20.9. The monoisotopic (exact) mass is 285 g/mol. The van der Waals surface area contributed by atoms with Gasteiger partial charge in [0.05, 0.1) is 4.90 Å². The summed E-state index contributed by atoms with van der Waals surface area (Å²) in [6.45, 7) is 3.96. The fourth-order valence-electron chi connectivity index (χ4n) is 2.50. The number of rotatable bonds is 5. The van der Waals surface area contributed by atoms with Gasteiger partial charge in [0.25, 0.3) is 0 Å². The SMILES string of the molecule is CCN(CC1CCCCN1)S(=O)(=O)c1ccn(C)c1. The van der Waals surface area contributed by atoms with E-state index in [0.29, 0.717) is 18.0 Å². The van der Waals surface area contributed by atoms with Gasteiger partial charge < -0.3 is 9.88 Å². The van der Waals surface area contributed by atoms with Crippen LogP contribution in [0, 0.1) is 0 Å². The van der Waals surface area contributed by atoms with Crippen LogP contribution in [0.5, 0.6) is 0 Å². The zero-order valence-corrected chi connectivity index (χ0v) is 12.5. The van der Waals surface area contributed by atoms with Crippen molar-refractivity contribution >= 4 is 10.0 Å². The summed E-state index contributed by atoms with van der Waals surface area (Å²) >= 11 is 0. The Labute approximate surface area is 115 Å². The number of hydrogen-bond acceptors (Lipinski definition) is 3. The lowest BCUT2D eigenvalue weighted by molar-refractivity contribution is 0.319. The van der Waals surface area contributed by atoms with Crippen molar-refractivity contribution in [3.05, 3.63) is 18.5 Å². The molecule has 2 heterocycles. The minimum absolute atomic E-state index is 0.284. The third-order valence-corrected chi connectivity index (χ3v) is 5.56. The van der Waals surface area contributed by atoms with Crippen molar-refractivity contribution in [2.75, 3.05) is 19.6 Å². The van der Waals surface area contributed by atoms with E-state index >= 15 is 0 Å². The van der Waals surface area contributed by atoms with Gasteiger partial charge in [0, 0.05) is 38.6 Å². The summed E-state index contributed by atoms with van der Waals surface area (Å²) in [7, 11) is -1.53. The van der Waals surface area contributed by atoms with Crippen LogP contribution in [0.4, 0.5) is 0 Å². The van der Waals surface area contributed by atoms with Gasteiger partial charge in [-0.15, -0.1) is 0 Å². The summed E-state index contributed by atoms with van der Waals surface area (Å²) in [5.74, 6) is 0. The molecular formula is C13H23N3O2S. The fraction of sp³-hybridized carbons (Fsp3) is 0.692. The van der Waals surface area contributed by atoms with E-state index < -0.39 is 10.0 Å². The first-order chi connectivity index (χ1) is 9.04. The average molecular weight is 285 g/mol. The maximum Gasteiger partial charge on any atom is 0.244 e. The van der Waals surface area contributed by atoms with Crippen molar-refractivity contribution in [3.8, 4) is 0 Å². The van der Waals surface area contributed by atoms with Crippen LogP contribution in [0.2, 0.25) is 0 Å². The van der Waals surface area contributed by atoms with Crippen LogP contribution >= 0.6 is 0 Å². The maximum atomic E-state index is 12.5. The largest absolute Gasteiger partial charge is 0.356 e. The summed E-state index contributed by atoms with van der Waals surface area (Å²) in [6.07, 6.45) is 6.85. The molecule has 1 aromatic rings. The summed E-state index contributed by atoms with van der Waals surface area (Å²) in [5.41, 5.74) is 0. The van der Waals surface area contributed by atoms with Crippen molar-refractivity contribution < 1.29 is 8.42 Å². The smallest absolute Gasteiger partial charge is 0.244 e. The molecular weight excluding hydrogens is 262 g/mol. The van der Waals surface area contributed by atoms with E-state index in [-0.39, 0.29) is 6.04 Å². The number of aryl methyl sites for hydroxylation is 1. The van der Waals surface area contributed by atoms with Crippen LogP contribution in [-0.2, 0) is 17.1 Å². The Balaban J connectivity index is 2.11. The number of aromatic nitrogens is 1. The first-order valence-electron chi connectivity index (χ1n) is 6.89. The highest BCUT2D eigenvalue weighted by Gasteiger charge is 2.27. The molecule has 2 rings (SSSR count). The van der Waals surface area contributed by atoms with Crippen LogP contribution in [-0.4, -0.2) is 43.0 Å². The Morgan fingerprint density at radius 3 is 2.79 bits per heavy atom. The molecule has 5 nitrogen and oxygen atoms in total. The third kappa shape index (κ3) is 3.38. The van der Waals surface area contributed by atoms with Crippen LogP contribution in [0.3, 0.4) is 0 Å². The lowest BCUT2D eigenvalue weighted by atomic mass is 10.1. The van der Waals surface area contributed by atoms with Crippen molar-refractivity contribution in [1.82, 2.24) is 14.2 Å². The molecule has 0 bridgehead atoms. The van der Waals surface area contributed by atoms with Crippen molar-refractivity contribution in [2.45, 2.75) is 37.1 Å². The van der Waals surface area contributed by atoms with Crippen molar-refractivity contribution in [2.24, 2.45) is 7.05 Å². The second-order valence-corrected chi connectivity index (χ2v) is 7.05. The van der Waals surface area contributed by atoms with Gasteiger partial charge in [0.1, 0.15) is 0 Å². The number of nitrogens with one attached hydrogen (secondary N) is 1. The van der Waals surface area contributed by atoms with E-state index in [1.54, 1.807) is 27.3 Å². The second kappa shape index (κ2) is 6.07. The minimum Gasteiger partial charge on any atom is -0.356 e. The Hall–Kier alpha value is -0.850. The van der Waals surface area contributed by atoms with E-state index in [2.05, 4.69) is 5.32 Å². The van der Waals surface area contributed by atoms with Gasteiger partial charge in [-0.25, -0.2) is 8.42 Å². The second-order valence-electron chi connectivity index (χ2n) is 5.12. The summed E-state index contributed by atoms with van der Waals surface area (Å²) in [5, 5.41) is 3.40. The Bertz CT molecular complexity index is 504. The molecule has 0 aliphatic carbocycles. The molecule has 0 saturated carbocycles. The van der Waals surface area contributed by atoms with E-state index in [0.717, 1.165) is 13.0 Å².